The van der Waals surface area contributed by atoms with Crippen LogP contribution in [0.25, 0.3) is 0 Å². The number of methoxy groups -OCH3 is 1. The van der Waals surface area contributed by atoms with Gasteiger partial charge in [-0.2, -0.15) is 0 Å². The fourth-order valence-electron chi connectivity index (χ4n) is 3.26. The van der Waals surface area contributed by atoms with Gasteiger partial charge >= 0.3 is 5.97 Å². The van der Waals surface area contributed by atoms with Gasteiger partial charge in [0, 0.05) is 30.3 Å². The molecule has 1 N–H and O–H groups in total. The summed E-state index contributed by atoms with van der Waals surface area (Å²) in [6, 6.07) is 10.1. The molecule has 1 aromatic carbocycles. The van der Waals surface area contributed by atoms with Crippen LogP contribution >= 0.6 is 0 Å². The van der Waals surface area contributed by atoms with Crippen molar-refractivity contribution in [2.24, 2.45) is 0 Å². The molecule has 0 unspecified atom stereocenters. The Morgan fingerprint density at radius 1 is 0.828 bits per heavy atom. The molecule has 162 valence electrons. The molecule has 0 aliphatic heterocycles. The van der Waals surface area contributed by atoms with Crippen LogP contribution in [0.15, 0.2) is 42.1 Å². The van der Waals surface area contributed by atoms with E-state index in [1.54, 1.807) is 0 Å². The average molecular weight is 402 g/mol. The summed E-state index contributed by atoms with van der Waals surface area (Å²) in [7, 11) is 1.44. The molecule has 1 aromatic rings. The Kier molecular flexibility index (Phi) is 14.5. The number of ether oxygens (including phenoxy) is 1. The van der Waals surface area contributed by atoms with Crippen molar-refractivity contribution < 1.29 is 14.3 Å². The van der Waals surface area contributed by atoms with Gasteiger partial charge in [0.25, 0.3) is 0 Å². The van der Waals surface area contributed by atoms with Gasteiger partial charge in [0.2, 0.25) is 0 Å². The third kappa shape index (κ3) is 13.7. The maximum Gasteiger partial charge on any atom is 0.305 e. The maximum atomic E-state index is 12.3. The Hall–Kier alpha value is -2.10. The Bertz CT molecular complexity index is 595. The predicted molar refractivity (Wildman–Crippen MR) is 121 cm³/mol. The van der Waals surface area contributed by atoms with Gasteiger partial charge in [-0.15, -0.1) is 0 Å². The molecule has 0 aliphatic rings. The molecule has 0 saturated heterocycles. The van der Waals surface area contributed by atoms with Crippen LogP contribution in [-0.4, -0.2) is 18.9 Å². The van der Waals surface area contributed by atoms with Crippen LogP contribution in [0.4, 0.5) is 5.69 Å². The van der Waals surface area contributed by atoms with Gasteiger partial charge in [-0.3, -0.25) is 9.59 Å². The van der Waals surface area contributed by atoms with Gasteiger partial charge in [-0.25, -0.2) is 0 Å². The number of hydrogen-bond acceptors (Lipinski definition) is 4. The summed E-state index contributed by atoms with van der Waals surface area (Å²) >= 11 is 0. The van der Waals surface area contributed by atoms with Crippen molar-refractivity contribution >= 4 is 17.4 Å². The van der Waals surface area contributed by atoms with Gasteiger partial charge < -0.3 is 10.1 Å². The van der Waals surface area contributed by atoms with Gasteiger partial charge in [0.15, 0.2) is 5.78 Å². The lowest BCUT2D eigenvalue weighted by atomic mass is 10.0. The summed E-state index contributed by atoms with van der Waals surface area (Å²) in [5.74, 6) is 0.105. The summed E-state index contributed by atoms with van der Waals surface area (Å²) in [5.41, 5.74) is 2.04. The van der Waals surface area contributed by atoms with Crippen molar-refractivity contribution in [1.29, 1.82) is 0 Å². The third-order valence-corrected chi connectivity index (χ3v) is 5.00. The molecule has 0 fully saturated rings. The molecule has 0 amide bonds. The predicted octanol–water partition coefficient (Wildman–Crippen LogP) is 6.82. The van der Waals surface area contributed by atoms with Crippen molar-refractivity contribution in [3.63, 3.8) is 0 Å². The van der Waals surface area contributed by atoms with Crippen LogP contribution < -0.4 is 5.32 Å². The number of nitrogens with one attached hydrogen (secondary N) is 1. The van der Waals surface area contributed by atoms with E-state index in [0.29, 0.717) is 12.8 Å². The second-order valence-corrected chi connectivity index (χ2v) is 7.64. The molecule has 29 heavy (non-hydrogen) atoms. The smallest absolute Gasteiger partial charge is 0.305 e. The van der Waals surface area contributed by atoms with Crippen LogP contribution in [0.2, 0.25) is 0 Å². The maximum absolute atomic E-state index is 12.3. The molecule has 4 heteroatoms. The lowest BCUT2D eigenvalue weighted by Crippen LogP contribution is -2.04. The summed E-state index contributed by atoms with van der Waals surface area (Å²) in [6.45, 7) is 2.18. The minimum absolute atomic E-state index is 0.119. The highest BCUT2D eigenvalue weighted by atomic mass is 16.5. The van der Waals surface area contributed by atoms with Gasteiger partial charge in [0.1, 0.15) is 0 Å². The summed E-state index contributed by atoms with van der Waals surface area (Å²) in [6.07, 6.45) is 14.8. The average Bonchev–Trinajstić information content (AvgIpc) is 2.73. The lowest BCUT2D eigenvalue weighted by Gasteiger charge is -2.11. The van der Waals surface area contributed by atoms with Crippen molar-refractivity contribution in [2.45, 2.75) is 90.4 Å². The zero-order valence-electron chi connectivity index (χ0n) is 18.4. The molecule has 0 heterocycles. The van der Waals surface area contributed by atoms with Crippen molar-refractivity contribution in [3.8, 4) is 0 Å². The number of hydrogen-bond donors (Lipinski definition) is 1. The van der Waals surface area contributed by atoms with E-state index in [1.807, 2.05) is 36.4 Å². The topological polar surface area (TPSA) is 55.4 Å². The minimum Gasteiger partial charge on any atom is -0.469 e. The molecular formula is C25H39NO3. The highest BCUT2D eigenvalue weighted by molar-refractivity contribution is 5.90. The number of carbonyl (C=O) groups is 2. The van der Waals surface area contributed by atoms with E-state index in [1.165, 1.54) is 20.0 Å². The molecule has 4 nitrogen and oxygen atoms in total. The van der Waals surface area contributed by atoms with E-state index >= 15 is 0 Å². The molecule has 0 saturated carbocycles. The van der Waals surface area contributed by atoms with Gasteiger partial charge in [-0.05, 0) is 37.8 Å². The van der Waals surface area contributed by atoms with E-state index in [0.717, 1.165) is 69.2 Å². The standard InChI is InChI=1S/C25H39NO3/c1-3-4-5-14-19-24(27)21-23(26-22-16-12-10-13-17-22)18-11-8-6-7-9-15-20-25(28)29-2/h10,12-13,16-17,21,26H,3-9,11,14-15,18-20H2,1-2H3/b23-21-. The zero-order chi connectivity index (χ0) is 21.2. The van der Waals surface area contributed by atoms with Crippen LogP contribution in [0.3, 0.4) is 0 Å². The number of carbonyl (C=O) groups excluding carboxylic acids is 2. The molecule has 0 atom stereocenters. The van der Waals surface area contributed by atoms with E-state index < -0.39 is 0 Å². The highest BCUT2D eigenvalue weighted by Crippen LogP contribution is 2.17. The quantitative estimate of drug-likeness (QED) is 0.177. The Morgan fingerprint density at radius 2 is 1.41 bits per heavy atom. The number of unbranched alkanes of at least 4 members (excludes halogenated alkanes) is 8. The molecule has 0 aliphatic carbocycles. The Morgan fingerprint density at radius 3 is 2.07 bits per heavy atom. The summed E-state index contributed by atoms with van der Waals surface area (Å²) < 4.78 is 4.66. The van der Waals surface area contributed by atoms with Crippen LogP contribution in [0.1, 0.15) is 90.4 Å². The SMILES string of the molecule is CCCCCCC(=O)/C=C(/CCCCCCCCC(=O)OC)Nc1ccccc1. The second-order valence-electron chi connectivity index (χ2n) is 7.64. The first-order valence-electron chi connectivity index (χ1n) is 11.3. The second kappa shape index (κ2) is 16.8. The van der Waals surface area contributed by atoms with Crippen LogP contribution in [0.5, 0.6) is 0 Å². The zero-order valence-corrected chi connectivity index (χ0v) is 18.4. The van der Waals surface area contributed by atoms with E-state index in [4.69, 9.17) is 0 Å². The van der Waals surface area contributed by atoms with E-state index in [-0.39, 0.29) is 11.8 Å². The molecule has 1 rings (SSSR count). The lowest BCUT2D eigenvalue weighted by molar-refractivity contribution is -0.140. The highest BCUT2D eigenvalue weighted by Gasteiger charge is 2.05. The normalized spacial score (nSPS) is 11.3. The largest absolute Gasteiger partial charge is 0.469 e. The fraction of sp³-hybridized carbons (Fsp3) is 0.600. The number of anilines is 1. The molecule has 0 spiro atoms. The molecule has 0 bridgehead atoms. The number of para-hydroxylation sites is 1. The first-order chi connectivity index (χ1) is 14.2. The fourth-order valence-corrected chi connectivity index (χ4v) is 3.26. The van der Waals surface area contributed by atoms with Crippen molar-refractivity contribution in [3.05, 3.63) is 42.1 Å². The number of benzene rings is 1. The van der Waals surface area contributed by atoms with E-state index in [2.05, 4.69) is 17.0 Å². The first-order valence-corrected chi connectivity index (χ1v) is 11.3. The number of ketones is 1. The number of allylic oxidation sites excluding steroid dienone is 2. The third-order valence-electron chi connectivity index (χ3n) is 5.00. The Labute approximate surface area is 177 Å². The summed E-state index contributed by atoms with van der Waals surface area (Å²) in [5, 5.41) is 3.43. The van der Waals surface area contributed by atoms with Gasteiger partial charge in [0.05, 0.1) is 7.11 Å². The van der Waals surface area contributed by atoms with Crippen molar-refractivity contribution in [2.75, 3.05) is 12.4 Å². The first kappa shape index (κ1) is 24.9. The van der Waals surface area contributed by atoms with Crippen LogP contribution in [-0.2, 0) is 14.3 Å². The number of rotatable bonds is 17. The molecular weight excluding hydrogens is 362 g/mol. The van der Waals surface area contributed by atoms with E-state index in [9.17, 15) is 9.59 Å². The summed E-state index contributed by atoms with van der Waals surface area (Å²) in [4.78, 5) is 23.4. The molecule has 0 aromatic heterocycles. The van der Waals surface area contributed by atoms with Crippen molar-refractivity contribution in [1.82, 2.24) is 0 Å². The van der Waals surface area contributed by atoms with Gasteiger partial charge in [-0.1, -0.05) is 70.1 Å². The van der Waals surface area contributed by atoms with Crippen LogP contribution in [0, 0.1) is 0 Å². The Balaban J connectivity index is 2.37. The number of esters is 1. The monoisotopic (exact) mass is 401 g/mol. The minimum atomic E-state index is -0.119. The molecule has 0 radical (unpaired) electrons.